The van der Waals surface area contributed by atoms with Crippen LogP contribution < -0.4 is 35.3 Å². The quantitative estimate of drug-likeness (QED) is 0.0717. The summed E-state index contributed by atoms with van der Waals surface area (Å²) >= 11 is 11.0. The van der Waals surface area contributed by atoms with E-state index in [1.54, 1.807) is 0 Å². The second kappa shape index (κ2) is 21.8. The van der Waals surface area contributed by atoms with Crippen LogP contribution >= 0.6 is 77.0 Å². The van der Waals surface area contributed by atoms with E-state index in [0.717, 1.165) is 63.3 Å². The van der Waals surface area contributed by atoms with Gasteiger partial charge < -0.3 is 25.2 Å². The monoisotopic (exact) mass is 1130 g/mol. The summed E-state index contributed by atoms with van der Waals surface area (Å²) in [4.78, 5) is 50.8. The Morgan fingerprint density at radius 2 is 1.24 bits per heavy atom. The Kier molecular flexibility index (Phi) is 20.5. The van der Waals surface area contributed by atoms with Crippen LogP contribution in [-0.4, -0.2) is 89.5 Å². The van der Waals surface area contributed by atoms with Crippen molar-refractivity contribution in [1.82, 2.24) is 24.0 Å². The van der Waals surface area contributed by atoms with Gasteiger partial charge in [-0.1, -0.05) is 73.4 Å². The SMILES string of the molecule is CC(C)C(C)c1nc(I)cn1C12CC(N)(C1)C2.CC(C)C(C)c1nc(I)cn1C12CC(N3CCC(=O)CC3)(C1)C2.COOC=O.O=C(CCBr)CCBr.[Na+].[OH-]. The van der Waals surface area contributed by atoms with Crippen LogP contribution in [0.5, 0.6) is 0 Å². The number of likely N-dealkylation sites (tertiary alicyclic amines) is 1. The second-order valence-electron chi connectivity index (χ2n) is 16.5. The normalized spacial score (nSPS) is 27.9. The number of carbonyl (C=O) groups excluding carboxylic acids is 3. The van der Waals surface area contributed by atoms with Gasteiger partial charge in [0.05, 0.1) is 18.2 Å². The molecule has 0 spiro atoms. The van der Waals surface area contributed by atoms with Crippen LogP contribution in [0.15, 0.2) is 12.4 Å². The first-order chi connectivity index (χ1) is 24.9. The van der Waals surface area contributed by atoms with E-state index in [2.05, 4.69) is 155 Å². The maximum absolute atomic E-state index is 11.5. The number of piperidine rings is 1. The van der Waals surface area contributed by atoms with Gasteiger partial charge in [-0.25, -0.2) is 9.97 Å². The molecule has 6 aliphatic carbocycles. The van der Waals surface area contributed by atoms with Crippen LogP contribution in [0.3, 0.4) is 0 Å². The third-order valence-corrected chi connectivity index (χ3v) is 14.0. The maximum Gasteiger partial charge on any atom is 1.00 e. The smallest absolute Gasteiger partial charge is 0.870 e. The van der Waals surface area contributed by atoms with Gasteiger partial charge in [-0.3, -0.25) is 19.3 Å². The van der Waals surface area contributed by atoms with Crippen molar-refractivity contribution in [2.75, 3.05) is 30.9 Å². The summed E-state index contributed by atoms with van der Waals surface area (Å²) in [5.74, 6) is 5.54. The minimum Gasteiger partial charge on any atom is -0.870 e. The van der Waals surface area contributed by atoms with E-state index in [1.807, 2.05) is 0 Å². The van der Waals surface area contributed by atoms with Crippen molar-refractivity contribution >= 4 is 95.1 Å². The number of aromatic nitrogens is 4. The van der Waals surface area contributed by atoms with Crippen LogP contribution in [0, 0.1) is 19.2 Å². The van der Waals surface area contributed by atoms with Crippen molar-refractivity contribution < 1.29 is 59.2 Å². The maximum atomic E-state index is 11.5. The minimum atomic E-state index is 0. The summed E-state index contributed by atoms with van der Waals surface area (Å²) in [6, 6.07) is 0. The van der Waals surface area contributed by atoms with Gasteiger partial charge in [0.2, 0.25) is 0 Å². The molecule has 6 saturated carbocycles. The van der Waals surface area contributed by atoms with Crippen molar-refractivity contribution in [3.63, 3.8) is 0 Å². The van der Waals surface area contributed by atoms with Gasteiger partial charge >= 0.3 is 36.0 Å². The molecule has 3 N–H and O–H groups in total. The summed E-state index contributed by atoms with van der Waals surface area (Å²) in [6.45, 7) is 15.8. The van der Waals surface area contributed by atoms with Gasteiger partial charge in [0.15, 0.2) is 0 Å². The second-order valence-corrected chi connectivity index (χ2v) is 20.3. The van der Waals surface area contributed by atoms with Crippen LogP contribution in [0.2, 0.25) is 0 Å². The molecule has 2 unspecified atom stereocenters. The molecular formula is C38H59Br2I2N6NaO6. The average molecular weight is 1130 g/mol. The molecule has 55 heavy (non-hydrogen) atoms. The van der Waals surface area contributed by atoms with Crippen LogP contribution in [0.4, 0.5) is 0 Å². The molecule has 0 aromatic carbocycles. The van der Waals surface area contributed by atoms with E-state index < -0.39 is 0 Å². The minimum absolute atomic E-state index is 0. The third kappa shape index (κ3) is 11.9. The molecule has 2 aromatic rings. The molecule has 7 aliphatic rings. The van der Waals surface area contributed by atoms with Gasteiger partial charge in [-0.2, -0.15) is 4.89 Å². The Balaban J connectivity index is 0.000000288. The number of ketones is 2. The first kappa shape index (κ1) is 51.6. The van der Waals surface area contributed by atoms with Crippen LogP contribution in [0.1, 0.15) is 129 Å². The molecule has 4 bridgehead atoms. The predicted octanol–water partition coefficient (Wildman–Crippen LogP) is 5.05. The molecule has 2 aromatic heterocycles. The molecule has 0 amide bonds. The van der Waals surface area contributed by atoms with Gasteiger partial charge in [-0.15, -0.1) is 0 Å². The molecule has 7 fully saturated rings. The number of imidazole rings is 2. The molecule has 306 valence electrons. The zero-order valence-corrected chi connectivity index (χ0v) is 43.2. The number of halogens is 4. The summed E-state index contributed by atoms with van der Waals surface area (Å²) in [7, 11) is 1.26. The topological polar surface area (TPSA) is 165 Å². The van der Waals surface area contributed by atoms with Crippen molar-refractivity contribution in [2.24, 2.45) is 17.6 Å². The summed E-state index contributed by atoms with van der Waals surface area (Å²) < 4.78 is 7.18. The Hall–Kier alpha value is 0.490. The predicted molar refractivity (Wildman–Crippen MR) is 233 cm³/mol. The standard InChI is InChI=1S/C18H26IN3O.C13H20IN3.C5H8Br2O.C2H4O3.Na.H2O/c1-12(2)13(3)16-20-15(19)8-22(16)18-9-17(10-18,11-18)21-6-4-14(23)5-7-21;1-8(2)9(3)11-16-10(14)4-17(11)13-5-12(15,6-13)7-13;6-3-1-5(8)2-4-7;1-4-5-2-3;;/h8,12-13H,4-7,9-11H2,1-3H3;4,8-9H,5-7,15H2,1-3H3;1-4H2;2H,1H3;;1H2/q;;;;+1;/p-1. The molecule has 9 rings (SSSR count). The van der Waals surface area contributed by atoms with E-state index >= 15 is 0 Å². The number of hydrogen-bond acceptors (Lipinski definition) is 10. The first-order valence-corrected chi connectivity index (χ1v) is 23.2. The van der Waals surface area contributed by atoms with E-state index in [-0.39, 0.29) is 47.0 Å². The molecule has 12 nitrogen and oxygen atoms in total. The number of alkyl halides is 2. The van der Waals surface area contributed by atoms with Crippen molar-refractivity contribution in [1.29, 1.82) is 0 Å². The molecule has 1 saturated heterocycles. The first-order valence-electron chi connectivity index (χ1n) is 18.8. The molecular weight excluding hydrogens is 1070 g/mol. The van der Waals surface area contributed by atoms with Gasteiger partial charge in [0.1, 0.15) is 30.6 Å². The fourth-order valence-corrected chi connectivity index (χ4v) is 10.6. The molecule has 1 aliphatic heterocycles. The van der Waals surface area contributed by atoms with E-state index in [4.69, 9.17) is 20.5 Å². The summed E-state index contributed by atoms with van der Waals surface area (Å²) in [5, 5.41) is 1.58. The fraction of sp³-hybridized carbons (Fsp3) is 0.763. The number of rotatable bonds is 13. The molecule has 17 heteroatoms. The number of nitrogens with zero attached hydrogens (tertiary/aromatic N) is 5. The largest absolute Gasteiger partial charge is 1.00 e. The zero-order valence-electron chi connectivity index (χ0n) is 33.8. The average Bonchev–Trinajstić information content (AvgIpc) is 3.61. The van der Waals surface area contributed by atoms with E-state index in [0.29, 0.717) is 64.7 Å². The Labute approximate surface area is 393 Å². The zero-order chi connectivity index (χ0) is 39.4. The Morgan fingerprint density at radius 3 is 1.55 bits per heavy atom. The van der Waals surface area contributed by atoms with Crippen LogP contribution in [-0.2, 0) is 35.2 Å². The van der Waals surface area contributed by atoms with E-state index in [1.165, 1.54) is 38.0 Å². The third-order valence-electron chi connectivity index (χ3n) is 12.1. The molecule has 3 heterocycles. The Morgan fingerprint density at radius 1 is 0.836 bits per heavy atom. The number of hydrogen-bond donors (Lipinski definition) is 1. The summed E-state index contributed by atoms with van der Waals surface area (Å²) in [6.07, 6.45) is 14.5. The Bertz CT molecular complexity index is 1530. The number of nitrogens with two attached hydrogens (primary N) is 1. The van der Waals surface area contributed by atoms with E-state index in [9.17, 15) is 9.59 Å². The summed E-state index contributed by atoms with van der Waals surface area (Å²) in [5.41, 5.74) is 7.36. The molecule has 2 atom stereocenters. The van der Waals surface area contributed by atoms with Crippen LogP contribution in [0.25, 0.3) is 0 Å². The fourth-order valence-electron chi connectivity index (χ4n) is 8.67. The number of Topliss-reactive ketones (excluding diaryl/α,β-unsaturated/α-hetero) is 2. The van der Waals surface area contributed by atoms with Gasteiger partial charge in [0, 0.05) is 84.7 Å². The molecule has 0 radical (unpaired) electrons. The van der Waals surface area contributed by atoms with Gasteiger partial charge in [0.25, 0.3) is 0 Å². The van der Waals surface area contributed by atoms with Crippen molar-refractivity contribution in [3.8, 4) is 0 Å². The number of carbonyl (C=O) groups is 3. The van der Waals surface area contributed by atoms with Crippen molar-refractivity contribution in [2.45, 2.75) is 140 Å². The van der Waals surface area contributed by atoms with Crippen molar-refractivity contribution in [3.05, 3.63) is 31.4 Å². The van der Waals surface area contributed by atoms with Gasteiger partial charge in [-0.05, 0) is 95.5 Å².